The lowest BCUT2D eigenvalue weighted by Crippen LogP contribution is -2.18. The van der Waals surface area contributed by atoms with Crippen LogP contribution in [0, 0.1) is 0 Å². The van der Waals surface area contributed by atoms with Crippen molar-refractivity contribution in [2.24, 2.45) is 0 Å². The number of carbonyl (C=O) groups excluding carboxylic acids is 2. The van der Waals surface area contributed by atoms with E-state index in [0.29, 0.717) is 41.4 Å². The molecule has 0 radical (unpaired) electrons. The summed E-state index contributed by atoms with van der Waals surface area (Å²) in [4.78, 5) is 29.7. The predicted molar refractivity (Wildman–Crippen MR) is 137 cm³/mol. The zero-order valence-corrected chi connectivity index (χ0v) is 20.7. The molecular weight excluding hydrogens is 444 g/mol. The maximum absolute atomic E-state index is 12.9. The number of hydrogen-bond acceptors (Lipinski definition) is 6. The Hall–Kier alpha value is -3.55. The van der Waals surface area contributed by atoms with E-state index in [1.54, 1.807) is 7.11 Å². The van der Waals surface area contributed by atoms with Gasteiger partial charge in [-0.15, -0.1) is 0 Å². The molecule has 0 atom stereocenters. The van der Waals surface area contributed by atoms with Crippen LogP contribution in [-0.2, 0) is 22.5 Å². The van der Waals surface area contributed by atoms with Crippen LogP contribution in [0.2, 0.25) is 0 Å². The molecule has 0 aliphatic heterocycles. The number of esters is 1. The van der Waals surface area contributed by atoms with Crippen molar-refractivity contribution in [2.75, 3.05) is 24.9 Å². The lowest BCUT2D eigenvalue weighted by Gasteiger charge is -2.17. The molecule has 0 bridgehead atoms. The summed E-state index contributed by atoms with van der Waals surface area (Å²) >= 11 is 0. The number of anilines is 2. The van der Waals surface area contributed by atoms with Crippen LogP contribution in [0.1, 0.15) is 61.5 Å². The van der Waals surface area contributed by atoms with E-state index in [4.69, 9.17) is 14.5 Å². The van der Waals surface area contributed by atoms with Gasteiger partial charge in [-0.25, -0.2) is 9.78 Å². The van der Waals surface area contributed by atoms with Crippen molar-refractivity contribution in [1.82, 2.24) is 9.55 Å². The van der Waals surface area contributed by atoms with E-state index in [9.17, 15) is 9.59 Å². The maximum atomic E-state index is 12.9. The highest BCUT2D eigenvalue weighted by Crippen LogP contribution is 2.33. The van der Waals surface area contributed by atoms with Crippen LogP contribution in [0.5, 0.6) is 5.75 Å². The van der Waals surface area contributed by atoms with Gasteiger partial charge in [-0.05, 0) is 43.0 Å². The van der Waals surface area contributed by atoms with E-state index in [2.05, 4.69) is 10.6 Å². The maximum Gasteiger partial charge on any atom is 0.356 e. The molecule has 4 rings (SSSR count). The Labute approximate surface area is 206 Å². The quantitative estimate of drug-likeness (QED) is 0.343. The number of rotatable bonds is 8. The first-order valence-corrected chi connectivity index (χ1v) is 12.3. The summed E-state index contributed by atoms with van der Waals surface area (Å²) in [5.41, 5.74) is 3.35. The van der Waals surface area contributed by atoms with Gasteiger partial charge < -0.3 is 24.7 Å². The molecule has 186 valence electrons. The number of aromatic nitrogens is 2. The number of fused-ring (bicyclic) bond motifs is 1. The van der Waals surface area contributed by atoms with Gasteiger partial charge in [0.05, 0.1) is 31.8 Å². The van der Waals surface area contributed by atoms with Crippen LogP contribution >= 0.6 is 0 Å². The molecule has 1 aliphatic rings. The highest BCUT2D eigenvalue weighted by Gasteiger charge is 2.26. The summed E-state index contributed by atoms with van der Waals surface area (Å²) in [7, 11) is 2.98. The number of nitrogens with one attached hydrogen (secondary N) is 2. The molecule has 1 aliphatic carbocycles. The largest absolute Gasteiger partial charge is 0.497 e. The van der Waals surface area contributed by atoms with E-state index in [-0.39, 0.29) is 5.91 Å². The molecule has 8 heteroatoms. The summed E-state index contributed by atoms with van der Waals surface area (Å²) in [6, 6.07) is 10.2. The molecule has 2 N–H and O–H groups in total. The summed E-state index contributed by atoms with van der Waals surface area (Å²) in [5.74, 6) is 0.0185. The summed E-state index contributed by atoms with van der Waals surface area (Å²) in [6.45, 7) is 1.93. The van der Waals surface area contributed by atoms with Crippen molar-refractivity contribution in [1.29, 1.82) is 0 Å². The highest BCUT2D eigenvalue weighted by molar-refractivity contribution is 6.11. The molecule has 2 heterocycles. The molecule has 1 amide bonds. The predicted octanol–water partition coefficient (Wildman–Crippen LogP) is 5.17. The molecule has 1 aromatic carbocycles. The van der Waals surface area contributed by atoms with E-state index < -0.39 is 5.97 Å². The number of benzene rings is 1. The van der Waals surface area contributed by atoms with E-state index in [1.165, 1.54) is 39.7 Å². The van der Waals surface area contributed by atoms with Crippen LogP contribution in [-0.4, -0.2) is 41.7 Å². The molecule has 1 fully saturated rings. The van der Waals surface area contributed by atoms with Crippen molar-refractivity contribution in [3.8, 4) is 5.75 Å². The van der Waals surface area contributed by atoms with Crippen LogP contribution < -0.4 is 15.4 Å². The number of carbonyl (C=O) groups is 2. The van der Waals surface area contributed by atoms with Gasteiger partial charge in [-0.2, -0.15) is 0 Å². The first kappa shape index (κ1) is 24.6. The summed E-state index contributed by atoms with van der Waals surface area (Å²) in [6.07, 6.45) is 9.75. The topological polar surface area (TPSA) is 94.5 Å². The van der Waals surface area contributed by atoms with Gasteiger partial charge in [0.1, 0.15) is 11.4 Å². The van der Waals surface area contributed by atoms with Crippen LogP contribution in [0.4, 0.5) is 11.4 Å². The van der Waals surface area contributed by atoms with Crippen molar-refractivity contribution >= 4 is 34.3 Å². The second-order valence-electron chi connectivity index (χ2n) is 9.07. The van der Waals surface area contributed by atoms with Crippen molar-refractivity contribution < 1.29 is 19.1 Å². The first-order chi connectivity index (χ1) is 17.0. The monoisotopic (exact) mass is 478 g/mol. The normalized spacial score (nSPS) is 14.4. The van der Waals surface area contributed by atoms with E-state index in [1.807, 2.05) is 41.1 Å². The van der Waals surface area contributed by atoms with E-state index >= 15 is 0 Å². The van der Waals surface area contributed by atoms with Gasteiger partial charge in [0.15, 0.2) is 5.69 Å². The number of methoxy groups -OCH3 is 2. The zero-order chi connectivity index (χ0) is 24.8. The zero-order valence-electron chi connectivity index (χ0n) is 20.7. The van der Waals surface area contributed by atoms with Crippen molar-refractivity contribution in [2.45, 2.75) is 64.5 Å². The summed E-state index contributed by atoms with van der Waals surface area (Å²) in [5, 5.41) is 7.20. The fourth-order valence-electron chi connectivity index (χ4n) is 4.83. The molecule has 8 nitrogen and oxygen atoms in total. The molecule has 1 saturated carbocycles. The Bertz CT molecular complexity index is 1180. The van der Waals surface area contributed by atoms with Crippen LogP contribution in [0.3, 0.4) is 0 Å². The molecule has 2 aromatic heterocycles. The van der Waals surface area contributed by atoms with Gasteiger partial charge in [-0.3, -0.25) is 4.79 Å². The SMILES string of the molecule is COC(=O)c1c(NC(C)=O)c2cc(NC3CCCCCC3)cnc2n1CCc1ccc(OC)cc1. The Kier molecular flexibility index (Phi) is 7.90. The van der Waals surface area contributed by atoms with Gasteiger partial charge >= 0.3 is 5.97 Å². The Morgan fingerprint density at radius 1 is 1.09 bits per heavy atom. The highest BCUT2D eigenvalue weighted by atomic mass is 16.5. The fourth-order valence-corrected chi connectivity index (χ4v) is 4.83. The molecule has 3 aromatic rings. The number of amides is 1. The number of hydrogen-bond donors (Lipinski definition) is 2. The molecule has 35 heavy (non-hydrogen) atoms. The third-order valence-corrected chi connectivity index (χ3v) is 6.59. The minimum Gasteiger partial charge on any atom is -0.497 e. The first-order valence-electron chi connectivity index (χ1n) is 12.3. The van der Waals surface area contributed by atoms with Crippen molar-refractivity contribution in [3.05, 3.63) is 47.8 Å². The molecule has 0 unspecified atom stereocenters. The average molecular weight is 479 g/mol. The Morgan fingerprint density at radius 2 is 1.80 bits per heavy atom. The molecular formula is C27H34N4O4. The second kappa shape index (κ2) is 11.3. The fraction of sp³-hybridized carbons (Fsp3) is 0.444. The Morgan fingerprint density at radius 3 is 2.43 bits per heavy atom. The third kappa shape index (κ3) is 5.75. The second-order valence-corrected chi connectivity index (χ2v) is 9.07. The number of ether oxygens (including phenoxy) is 2. The molecule has 0 spiro atoms. The van der Waals surface area contributed by atoms with Crippen LogP contribution in [0.15, 0.2) is 36.5 Å². The van der Waals surface area contributed by atoms with Gasteiger partial charge in [0.2, 0.25) is 5.91 Å². The van der Waals surface area contributed by atoms with E-state index in [0.717, 1.165) is 29.8 Å². The van der Waals surface area contributed by atoms with Gasteiger partial charge in [0.25, 0.3) is 0 Å². The Balaban J connectivity index is 1.72. The summed E-state index contributed by atoms with van der Waals surface area (Å²) < 4.78 is 12.2. The number of aryl methyl sites for hydroxylation is 2. The average Bonchev–Trinajstić information content (AvgIpc) is 2.99. The lowest BCUT2D eigenvalue weighted by molar-refractivity contribution is -0.114. The smallest absolute Gasteiger partial charge is 0.356 e. The number of pyridine rings is 1. The minimum absolute atomic E-state index is 0.258. The van der Waals surface area contributed by atoms with Crippen molar-refractivity contribution in [3.63, 3.8) is 0 Å². The lowest BCUT2D eigenvalue weighted by atomic mass is 10.1. The standard InChI is InChI=1S/C27H34N4O4/c1-18(32)29-24-23-16-21(30-20-8-6-4-5-7-9-20)17-28-26(23)31(25(24)27(33)35-3)15-14-19-10-12-22(34-2)13-11-19/h10-13,16-17,20,30H,4-9,14-15H2,1-3H3,(H,29,32). The van der Waals surface area contributed by atoms with Gasteiger partial charge in [0, 0.05) is 24.9 Å². The van der Waals surface area contributed by atoms with Crippen LogP contribution in [0.25, 0.3) is 11.0 Å². The number of nitrogens with zero attached hydrogens (tertiary/aromatic N) is 2. The van der Waals surface area contributed by atoms with Gasteiger partial charge in [-0.1, -0.05) is 37.8 Å². The minimum atomic E-state index is -0.514. The molecule has 0 saturated heterocycles. The third-order valence-electron chi connectivity index (χ3n) is 6.59.